The molecule has 40 heavy (non-hydrogen) atoms. The molecule has 3 rings (SSSR count). The van der Waals surface area contributed by atoms with Crippen molar-refractivity contribution >= 4 is 35.6 Å². The molecule has 14 heteroatoms. The molecule has 2 N–H and O–H groups in total. The van der Waals surface area contributed by atoms with E-state index in [0.717, 1.165) is 12.1 Å². The van der Waals surface area contributed by atoms with Crippen molar-refractivity contribution in [3.05, 3.63) is 24.5 Å². The number of alkyl carbamates (subject to hydrolysis) is 1. The first-order valence-electron chi connectivity index (χ1n) is 12.9. The SMILES string of the molecule is COC(=O)N[C@H]1CCC(=O)N2CCC[C@@H](C(=O)N[C@@H](CC(=O)OC(C)(C)C)C(=O)COc3cccnc3)N2C1=O. The van der Waals surface area contributed by atoms with Gasteiger partial charge in [0.1, 0.15) is 36.1 Å². The summed E-state index contributed by atoms with van der Waals surface area (Å²) in [5, 5.41) is 7.21. The van der Waals surface area contributed by atoms with E-state index >= 15 is 0 Å². The van der Waals surface area contributed by atoms with E-state index in [9.17, 15) is 28.8 Å². The first-order valence-corrected chi connectivity index (χ1v) is 12.9. The van der Waals surface area contributed by atoms with E-state index in [4.69, 9.17) is 9.47 Å². The number of aromatic nitrogens is 1. The second-order valence-electron chi connectivity index (χ2n) is 10.4. The van der Waals surface area contributed by atoms with Gasteiger partial charge in [0, 0.05) is 19.2 Å². The second-order valence-corrected chi connectivity index (χ2v) is 10.4. The van der Waals surface area contributed by atoms with Crippen LogP contribution in [0.15, 0.2) is 24.5 Å². The highest BCUT2D eigenvalue weighted by Crippen LogP contribution is 2.25. The maximum Gasteiger partial charge on any atom is 0.407 e. The van der Waals surface area contributed by atoms with Crippen molar-refractivity contribution in [2.75, 3.05) is 20.3 Å². The summed E-state index contributed by atoms with van der Waals surface area (Å²) in [5.41, 5.74) is -0.828. The third kappa shape index (κ3) is 8.13. The minimum atomic E-state index is -1.34. The van der Waals surface area contributed by atoms with Gasteiger partial charge >= 0.3 is 12.1 Å². The molecule has 4 amide bonds. The number of rotatable bonds is 9. The van der Waals surface area contributed by atoms with E-state index in [0.29, 0.717) is 12.2 Å². The van der Waals surface area contributed by atoms with Gasteiger partial charge < -0.3 is 24.8 Å². The standard InChI is InChI=1S/C26H35N5O9/c1-26(2,3)40-22(34)13-18(20(32)15-39-16-7-5-11-27-14-16)28-23(35)19-8-6-12-30-21(33)10-9-17(24(36)31(19)30)29-25(37)38-4/h5,7,11,14,17-19H,6,8-10,12-13,15H2,1-4H3,(H,28,35)(H,29,37)/t17-,18-,19-/m0/s1. The van der Waals surface area contributed by atoms with Crippen LogP contribution < -0.4 is 15.4 Å². The lowest BCUT2D eigenvalue weighted by atomic mass is 10.0. The Morgan fingerprint density at radius 2 is 1.93 bits per heavy atom. The molecule has 0 aromatic carbocycles. The number of carbonyl (C=O) groups is 6. The van der Waals surface area contributed by atoms with Gasteiger partial charge in [-0.1, -0.05) is 0 Å². The second kappa shape index (κ2) is 13.2. The van der Waals surface area contributed by atoms with Crippen LogP contribution in [0.5, 0.6) is 5.75 Å². The molecule has 14 nitrogen and oxygen atoms in total. The molecule has 3 heterocycles. The van der Waals surface area contributed by atoms with Crippen molar-refractivity contribution in [3.8, 4) is 5.75 Å². The van der Waals surface area contributed by atoms with Crippen molar-refractivity contribution in [2.24, 2.45) is 0 Å². The summed E-state index contributed by atoms with van der Waals surface area (Å²) in [6.45, 7) is 4.75. The Morgan fingerprint density at radius 3 is 2.58 bits per heavy atom. The average molecular weight is 562 g/mol. The van der Waals surface area contributed by atoms with Gasteiger partial charge in [0.05, 0.1) is 19.7 Å². The third-order valence-corrected chi connectivity index (χ3v) is 6.15. The van der Waals surface area contributed by atoms with Crippen molar-refractivity contribution in [1.29, 1.82) is 0 Å². The van der Waals surface area contributed by atoms with E-state index in [1.54, 1.807) is 32.9 Å². The molecule has 0 bridgehead atoms. The lowest BCUT2D eigenvalue weighted by molar-refractivity contribution is -0.176. The fourth-order valence-corrected chi connectivity index (χ4v) is 4.36. The summed E-state index contributed by atoms with van der Waals surface area (Å²) < 4.78 is 15.4. The molecule has 0 spiro atoms. The van der Waals surface area contributed by atoms with Gasteiger partial charge in [-0.3, -0.25) is 34.0 Å². The number of methoxy groups -OCH3 is 1. The predicted octanol–water partition coefficient (Wildman–Crippen LogP) is 0.499. The first kappa shape index (κ1) is 30.3. The molecule has 0 radical (unpaired) electrons. The van der Waals surface area contributed by atoms with E-state index in [1.165, 1.54) is 17.4 Å². The number of nitrogens with one attached hydrogen (secondary N) is 2. The largest absolute Gasteiger partial charge is 0.484 e. The summed E-state index contributed by atoms with van der Waals surface area (Å²) in [6.07, 6.45) is 2.21. The third-order valence-electron chi connectivity index (χ3n) is 6.15. The fraction of sp³-hybridized carbons (Fsp3) is 0.577. The Balaban J connectivity index is 1.81. The van der Waals surface area contributed by atoms with Crippen molar-refractivity contribution in [2.45, 2.75) is 76.6 Å². The Hall–Kier alpha value is -4.23. The zero-order chi connectivity index (χ0) is 29.4. The molecule has 2 fully saturated rings. The minimum Gasteiger partial charge on any atom is -0.484 e. The van der Waals surface area contributed by atoms with Gasteiger partial charge in [-0.15, -0.1) is 0 Å². The fourth-order valence-electron chi connectivity index (χ4n) is 4.36. The van der Waals surface area contributed by atoms with E-state index in [-0.39, 0.29) is 31.7 Å². The van der Waals surface area contributed by atoms with Crippen molar-refractivity contribution < 1.29 is 43.0 Å². The van der Waals surface area contributed by atoms with Gasteiger partial charge in [-0.05, 0) is 52.2 Å². The summed E-state index contributed by atoms with van der Waals surface area (Å²) in [5.74, 6) is -2.80. The lowest BCUT2D eigenvalue weighted by Gasteiger charge is -2.43. The predicted molar refractivity (Wildman–Crippen MR) is 137 cm³/mol. The van der Waals surface area contributed by atoms with Crippen molar-refractivity contribution in [1.82, 2.24) is 25.6 Å². The summed E-state index contributed by atoms with van der Waals surface area (Å²) in [4.78, 5) is 81.2. The van der Waals surface area contributed by atoms with Crippen LogP contribution in [0.25, 0.3) is 0 Å². The van der Waals surface area contributed by atoms with Gasteiger partial charge in [0.15, 0.2) is 5.78 Å². The molecule has 218 valence electrons. The smallest absolute Gasteiger partial charge is 0.407 e. The molecule has 2 saturated heterocycles. The Kier molecular flexibility index (Phi) is 10.0. The quantitative estimate of drug-likeness (QED) is 0.404. The highest BCUT2D eigenvalue weighted by molar-refractivity contribution is 5.97. The maximum atomic E-state index is 13.5. The molecular weight excluding hydrogens is 526 g/mol. The van der Waals surface area contributed by atoms with Crippen LogP contribution in [0.4, 0.5) is 4.79 Å². The number of pyridine rings is 1. The zero-order valence-corrected chi connectivity index (χ0v) is 23.0. The highest BCUT2D eigenvalue weighted by Gasteiger charge is 2.45. The zero-order valence-electron chi connectivity index (χ0n) is 23.0. The molecular formula is C26H35N5O9. The number of hydrazine groups is 1. The van der Waals surface area contributed by atoms with Crippen molar-refractivity contribution in [3.63, 3.8) is 0 Å². The maximum absolute atomic E-state index is 13.5. The Bertz CT molecular complexity index is 1120. The van der Waals surface area contributed by atoms with E-state index in [1.807, 2.05) is 0 Å². The topological polar surface area (TPSA) is 174 Å². The lowest BCUT2D eigenvalue weighted by Crippen LogP contribution is -2.64. The van der Waals surface area contributed by atoms with E-state index < -0.39 is 66.4 Å². The molecule has 2 aliphatic rings. The molecule has 3 atom stereocenters. The molecule has 1 aromatic rings. The summed E-state index contributed by atoms with van der Waals surface area (Å²) in [6, 6.07) is -0.383. The van der Waals surface area contributed by atoms with Crippen LogP contribution in [0, 0.1) is 0 Å². The van der Waals surface area contributed by atoms with Crippen LogP contribution in [0.1, 0.15) is 52.9 Å². The van der Waals surface area contributed by atoms with E-state index in [2.05, 4.69) is 20.4 Å². The first-order chi connectivity index (χ1) is 18.9. The van der Waals surface area contributed by atoms with Crippen LogP contribution in [0.3, 0.4) is 0 Å². The molecule has 0 saturated carbocycles. The Morgan fingerprint density at radius 1 is 1.18 bits per heavy atom. The van der Waals surface area contributed by atoms with Gasteiger partial charge in [0.25, 0.3) is 5.91 Å². The average Bonchev–Trinajstić information content (AvgIpc) is 3.02. The van der Waals surface area contributed by atoms with Crippen LogP contribution in [0.2, 0.25) is 0 Å². The van der Waals surface area contributed by atoms with Gasteiger partial charge in [-0.2, -0.15) is 0 Å². The summed E-state index contributed by atoms with van der Waals surface area (Å²) >= 11 is 0. The number of hydrogen-bond donors (Lipinski definition) is 2. The molecule has 0 unspecified atom stereocenters. The minimum absolute atomic E-state index is 0.0273. The van der Waals surface area contributed by atoms with Gasteiger partial charge in [-0.25, -0.2) is 9.80 Å². The Labute approximate surface area is 231 Å². The normalized spacial score (nSPS) is 20.0. The number of carbonyl (C=O) groups excluding carboxylic acids is 6. The number of ketones is 1. The number of esters is 1. The number of ether oxygens (including phenoxy) is 3. The van der Waals surface area contributed by atoms with Crippen LogP contribution in [-0.4, -0.2) is 94.6 Å². The monoisotopic (exact) mass is 561 g/mol. The number of hydrogen-bond acceptors (Lipinski definition) is 10. The molecule has 0 aliphatic carbocycles. The summed E-state index contributed by atoms with van der Waals surface area (Å²) in [7, 11) is 1.14. The number of amides is 4. The van der Waals surface area contributed by atoms with Crippen LogP contribution in [-0.2, 0) is 33.4 Å². The van der Waals surface area contributed by atoms with Crippen LogP contribution >= 0.6 is 0 Å². The number of fused-ring (bicyclic) bond motifs is 1. The van der Waals surface area contributed by atoms with Gasteiger partial charge in [0.2, 0.25) is 11.8 Å². The highest BCUT2D eigenvalue weighted by atomic mass is 16.6. The number of nitrogens with zero attached hydrogens (tertiary/aromatic N) is 3. The molecule has 1 aromatic heterocycles. The molecule has 2 aliphatic heterocycles. The number of Topliss-reactive ketones (excluding diaryl/α,β-unsaturated/α-hetero) is 1.